The monoisotopic (exact) mass is 317 g/mol. The van der Waals surface area contributed by atoms with Crippen molar-refractivity contribution in [2.45, 2.75) is 13.3 Å². The van der Waals surface area contributed by atoms with E-state index in [1.165, 1.54) is 11.8 Å². The Labute approximate surface area is 141 Å². The third kappa shape index (κ3) is 3.84. The van der Waals surface area contributed by atoms with Crippen LogP contribution in [0.4, 0.5) is 5.69 Å². The van der Waals surface area contributed by atoms with E-state index in [0.29, 0.717) is 12.1 Å². The van der Waals surface area contributed by atoms with Gasteiger partial charge in [0.25, 0.3) is 5.91 Å². The number of amides is 1. The van der Waals surface area contributed by atoms with Gasteiger partial charge in [0.05, 0.1) is 17.5 Å². The molecule has 24 heavy (non-hydrogen) atoms. The summed E-state index contributed by atoms with van der Waals surface area (Å²) in [7, 11) is 0. The maximum absolute atomic E-state index is 13.0. The van der Waals surface area contributed by atoms with Gasteiger partial charge in [0, 0.05) is 12.2 Å². The second-order valence-electron chi connectivity index (χ2n) is 5.61. The molecule has 1 amide bonds. The van der Waals surface area contributed by atoms with Crippen molar-refractivity contribution in [2.75, 3.05) is 11.4 Å². The Hall–Kier alpha value is -3.01. The predicted octanol–water partition coefficient (Wildman–Crippen LogP) is 3.67. The summed E-state index contributed by atoms with van der Waals surface area (Å²) < 4.78 is 0. The van der Waals surface area contributed by atoms with Crippen molar-refractivity contribution in [3.05, 3.63) is 89.7 Å². The summed E-state index contributed by atoms with van der Waals surface area (Å²) in [5.41, 5.74) is 3.37. The molecular formula is C20H19N3O. The highest BCUT2D eigenvalue weighted by Crippen LogP contribution is 2.17. The number of anilines is 1. The normalized spacial score (nSPS) is 10.4. The minimum absolute atomic E-state index is 0.0601. The number of carbonyl (C=O) groups is 1. The molecule has 0 saturated carbocycles. The standard InChI is InChI=1S/C20H19N3O/c1-16-14-18(15-21-22-16)20(24)23(19-10-6-3-7-11-19)13-12-17-8-4-2-5-9-17/h2-11,14-15H,12-13H2,1H3. The molecule has 0 saturated heterocycles. The quantitative estimate of drug-likeness (QED) is 0.721. The highest BCUT2D eigenvalue weighted by molar-refractivity contribution is 6.05. The number of hydrogen-bond acceptors (Lipinski definition) is 3. The lowest BCUT2D eigenvalue weighted by atomic mass is 10.1. The number of hydrogen-bond donors (Lipinski definition) is 0. The predicted molar refractivity (Wildman–Crippen MR) is 95.0 cm³/mol. The second-order valence-corrected chi connectivity index (χ2v) is 5.61. The number of aromatic nitrogens is 2. The molecule has 0 atom stereocenters. The SMILES string of the molecule is Cc1cc(C(=O)N(CCc2ccccc2)c2ccccc2)cnn1. The summed E-state index contributed by atoms with van der Waals surface area (Å²) in [6.45, 7) is 2.44. The fraction of sp³-hybridized carbons (Fsp3) is 0.150. The van der Waals surface area contributed by atoms with Crippen LogP contribution in [0.1, 0.15) is 21.6 Å². The molecule has 120 valence electrons. The minimum atomic E-state index is -0.0601. The average Bonchev–Trinajstić information content (AvgIpc) is 2.63. The van der Waals surface area contributed by atoms with E-state index in [-0.39, 0.29) is 5.91 Å². The topological polar surface area (TPSA) is 46.1 Å². The van der Waals surface area contributed by atoms with Crippen LogP contribution in [0, 0.1) is 6.92 Å². The maximum atomic E-state index is 13.0. The summed E-state index contributed by atoms with van der Waals surface area (Å²) in [6.07, 6.45) is 2.31. The zero-order chi connectivity index (χ0) is 16.8. The second kappa shape index (κ2) is 7.51. The largest absolute Gasteiger partial charge is 0.308 e. The molecule has 0 unspecified atom stereocenters. The molecule has 0 aliphatic rings. The summed E-state index contributed by atoms with van der Waals surface area (Å²) >= 11 is 0. The molecule has 0 radical (unpaired) electrons. The van der Waals surface area contributed by atoms with E-state index in [4.69, 9.17) is 0 Å². The van der Waals surface area contributed by atoms with Crippen molar-refractivity contribution in [3.63, 3.8) is 0 Å². The van der Waals surface area contributed by atoms with E-state index in [1.807, 2.05) is 55.5 Å². The Morgan fingerprint density at radius 3 is 2.33 bits per heavy atom. The molecule has 1 aromatic heterocycles. The van der Waals surface area contributed by atoms with Gasteiger partial charge in [-0.3, -0.25) is 4.79 Å². The molecule has 0 spiro atoms. The summed E-state index contributed by atoms with van der Waals surface area (Å²) in [6, 6.07) is 21.7. The van der Waals surface area contributed by atoms with Crippen LogP contribution in [0.5, 0.6) is 0 Å². The molecule has 1 heterocycles. The van der Waals surface area contributed by atoms with E-state index in [2.05, 4.69) is 22.3 Å². The van der Waals surface area contributed by atoms with Crippen LogP contribution in [-0.4, -0.2) is 22.6 Å². The lowest BCUT2D eigenvalue weighted by Gasteiger charge is -2.23. The Bertz CT molecular complexity index is 803. The molecule has 0 aliphatic carbocycles. The van der Waals surface area contributed by atoms with E-state index < -0.39 is 0 Å². The summed E-state index contributed by atoms with van der Waals surface area (Å²) in [5.74, 6) is -0.0601. The Balaban J connectivity index is 1.86. The number of para-hydroxylation sites is 1. The lowest BCUT2D eigenvalue weighted by molar-refractivity contribution is 0.0986. The van der Waals surface area contributed by atoms with E-state index in [9.17, 15) is 4.79 Å². The van der Waals surface area contributed by atoms with Crippen molar-refractivity contribution in [1.29, 1.82) is 0 Å². The van der Waals surface area contributed by atoms with E-state index in [1.54, 1.807) is 11.0 Å². The number of nitrogens with zero attached hydrogens (tertiary/aromatic N) is 3. The van der Waals surface area contributed by atoms with Crippen LogP contribution in [0.15, 0.2) is 72.9 Å². The van der Waals surface area contributed by atoms with Gasteiger partial charge in [-0.2, -0.15) is 10.2 Å². The first kappa shape index (κ1) is 15.9. The molecule has 0 fully saturated rings. The van der Waals surface area contributed by atoms with Gasteiger partial charge in [-0.1, -0.05) is 48.5 Å². The molecule has 0 aliphatic heterocycles. The fourth-order valence-electron chi connectivity index (χ4n) is 2.59. The van der Waals surface area contributed by atoms with Gasteiger partial charge in [-0.05, 0) is 37.1 Å². The smallest absolute Gasteiger partial charge is 0.259 e. The van der Waals surface area contributed by atoms with Gasteiger partial charge in [-0.25, -0.2) is 0 Å². The molecule has 3 rings (SSSR count). The average molecular weight is 317 g/mol. The zero-order valence-corrected chi connectivity index (χ0v) is 13.6. The molecule has 0 N–H and O–H groups in total. The Morgan fingerprint density at radius 1 is 1.00 bits per heavy atom. The minimum Gasteiger partial charge on any atom is -0.308 e. The van der Waals surface area contributed by atoms with Crippen molar-refractivity contribution in [3.8, 4) is 0 Å². The van der Waals surface area contributed by atoms with Crippen LogP contribution in [-0.2, 0) is 6.42 Å². The van der Waals surface area contributed by atoms with Gasteiger partial charge in [0.1, 0.15) is 0 Å². The third-order valence-electron chi connectivity index (χ3n) is 3.80. The summed E-state index contributed by atoms with van der Waals surface area (Å²) in [5, 5.41) is 7.83. The van der Waals surface area contributed by atoms with Gasteiger partial charge < -0.3 is 4.90 Å². The Kier molecular flexibility index (Phi) is 4.96. The highest BCUT2D eigenvalue weighted by atomic mass is 16.2. The maximum Gasteiger partial charge on any atom is 0.259 e. The first-order valence-corrected chi connectivity index (χ1v) is 7.94. The molecule has 2 aromatic carbocycles. The van der Waals surface area contributed by atoms with Gasteiger partial charge in [0.2, 0.25) is 0 Å². The third-order valence-corrected chi connectivity index (χ3v) is 3.80. The fourth-order valence-corrected chi connectivity index (χ4v) is 2.59. The number of carbonyl (C=O) groups excluding carboxylic acids is 1. The summed E-state index contributed by atoms with van der Waals surface area (Å²) in [4.78, 5) is 14.8. The van der Waals surface area contributed by atoms with Gasteiger partial charge in [-0.15, -0.1) is 0 Å². The van der Waals surface area contributed by atoms with Crippen LogP contribution in [0.2, 0.25) is 0 Å². The number of rotatable bonds is 5. The van der Waals surface area contributed by atoms with Crippen LogP contribution < -0.4 is 4.90 Å². The highest BCUT2D eigenvalue weighted by Gasteiger charge is 2.18. The van der Waals surface area contributed by atoms with E-state index in [0.717, 1.165) is 17.8 Å². The van der Waals surface area contributed by atoms with Crippen molar-refractivity contribution in [1.82, 2.24) is 10.2 Å². The zero-order valence-electron chi connectivity index (χ0n) is 13.6. The van der Waals surface area contributed by atoms with Crippen molar-refractivity contribution in [2.24, 2.45) is 0 Å². The Morgan fingerprint density at radius 2 is 1.67 bits per heavy atom. The molecule has 0 bridgehead atoms. The van der Waals surface area contributed by atoms with Gasteiger partial charge >= 0.3 is 0 Å². The van der Waals surface area contributed by atoms with Crippen LogP contribution in [0.3, 0.4) is 0 Å². The molecular weight excluding hydrogens is 298 g/mol. The van der Waals surface area contributed by atoms with Crippen molar-refractivity contribution >= 4 is 11.6 Å². The molecule has 3 aromatic rings. The van der Waals surface area contributed by atoms with Crippen LogP contribution >= 0.6 is 0 Å². The number of benzene rings is 2. The molecule has 4 nitrogen and oxygen atoms in total. The van der Waals surface area contributed by atoms with Crippen molar-refractivity contribution < 1.29 is 4.79 Å². The first-order chi connectivity index (χ1) is 11.7. The van der Waals surface area contributed by atoms with Gasteiger partial charge in [0.15, 0.2) is 0 Å². The van der Waals surface area contributed by atoms with Crippen LogP contribution in [0.25, 0.3) is 0 Å². The first-order valence-electron chi connectivity index (χ1n) is 7.94. The van der Waals surface area contributed by atoms with E-state index >= 15 is 0 Å². The molecule has 4 heteroatoms. The number of aryl methyl sites for hydroxylation is 1. The lowest BCUT2D eigenvalue weighted by Crippen LogP contribution is -2.33.